The fraction of sp³-hybridized carbons (Fsp3) is 0.130. The van der Waals surface area contributed by atoms with Gasteiger partial charge in [0.25, 0.3) is 5.91 Å². The van der Waals surface area contributed by atoms with E-state index in [4.69, 9.17) is 4.98 Å². The lowest BCUT2D eigenvalue weighted by atomic mass is 10.1. The Balaban J connectivity index is 1.82. The Morgan fingerprint density at radius 3 is 2.48 bits per heavy atom. The number of aromatic nitrogens is 1. The number of aryl methyl sites for hydroxylation is 1. The molecule has 0 radical (unpaired) electrons. The van der Waals surface area contributed by atoms with Gasteiger partial charge in [-0.25, -0.2) is 4.98 Å². The van der Waals surface area contributed by atoms with Crippen molar-refractivity contribution in [3.05, 3.63) is 83.9 Å². The van der Waals surface area contributed by atoms with Crippen LogP contribution in [0.4, 0.5) is 5.69 Å². The van der Waals surface area contributed by atoms with Crippen LogP contribution >= 0.6 is 11.3 Å². The van der Waals surface area contributed by atoms with Gasteiger partial charge in [-0.1, -0.05) is 43.3 Å². The Kier molecular flexibility index (Phi) is 4.73. The molecule has 0 saturated carbocycles. The average molecular weight is 372 g/mol. The highest BCUT2D eigenvalue weighted by Gasteiger charge is 2.19. The number of carbonyl (C=O) groups is 1. The summed E-state index contributed by atoms with van der Waals surface area (Å²) in [5.41, 5.74) is 4.74. The second-order valence-electron chi connectivity index (χ2n) is 6.42. The summed E-state index contributed by atoms with van der Waals surface area (Å²) in [5.74, 6) is -0.0220. The second-order valence-corrected chi connectivity index (χ2v) is 7.45. The highest BCUT2D eigenvalue weighted by Crippen LogP contribution is 2.37. The molecule has 134 valence electrons. The van der Waals surface area contributed by atoms with Gasteiger partial charge >= 0.3 is 0 Å². The van der Waals surface area contributed by atoms with Gasteiger partial charge in [-0.3, -0.25) is 4.79 Å². The van der Waals surface area contributed by atoms with Gasteiger partial charge in [-0.05, 0) is 48.4 Å². The number of thiazole rings is 1. The van der Waals surface area contributed by atoms with Crippen molar-refractivity contribution in [2.75, 3.05) is 11.9 Å². The maximum atomic E-state index is 13.0. The summed E-state index contributed by atoms with van der Waals surface area (Å²) < 4.78 is 1.15. The molecule has 0 unspecified atom stereocenters. The number of para-hydroxylation sites is 1. The van der Waals surface area contributed by atoms with Crippen molar-refractivity contribution < 1.29 is 4.79 Å². The van der Waals surface area contributed by atoms with Crippen LogP contribution in [-0.4, -0.2) is 17.9 Å². The van der Waals surface area contributed by atoms with Crippen molar-refractivity contribution in [3.8, 4) is 10.6 Å². The van der Waals surface area contributed by atoms with E-state index >= 15 is 0 Å². The minimum atomic E-state index is -0.0220. The van der Waals surface area contributed by atoms with Gasteiger partial charge in [0.15, 0.2) is 0 Å². The predicted molar refractivity (Wildman–Crippen MR) is 114 cm³/mol. The molecule has 27 heavy (non-hydrogen) atoms. The molecule has 0 fully saturated rings. The van der Waals surface area contributed by atoms with Crippen LogP contribution in [0.25, 0.3) is 20.8 Å². The van der Waals surface area contributed by atoms with Crippen molar-refractivity contribution in [1.82, 2.24) is 4.98 Å². The largest absolute Gasteiger partial charge is 0.311 e. The van der Waals surface area contributed by atoms with E-state index in [-0.39, 0.29) is 5.91 Å². The molecular formula is C23H20N2OS. The smallest absolute Gasteiger partial charge is 0.258 e. The van der Waals surface area contributed by atoms with E-state index in [2.05, 4.69) is 31.2 Å². The quantitative estimate of drug-likeness (QED) is 0.453. The predicted octanol–water partition coefficient (Wildman–Crippen LogP) is 5.80. The Morgan fingerprint density at radius 2 is 1.74 bits per heavy atom. The van der Waals surface area contributed by atoms with Crippen LogP contribution in [0.3, 0.4) is 0 Å². The van der Waals surface area contributed by atoms with Crippen LogP contribution < -0.4 is 4.90 Å². The minimum absolute atomic E-state index is 0.0220. The molecule has 0 aliphatic rings. The monoisotopic (exact) mass is 372 g/mol. The molecule has 0 saturated heterocycles. The Morgan fingerprint density at radius 1 is 1.00 bits per heavy atom. The van der Waals surface area contributed by atoms with Gasteiger partial charge in [-0.15, -0.1) is 11.3 Å². The number of hydrogen-bond donors (Lipinski definition) is 0. The van der Waals surface area contributed by atoms with E-state index in [0.717, 1.165) is 32.9 Å². The van der Waals surface area contributed by atoms with Crippen LogP contribution in [0.2, 0.25) is 0 Å². The van der Waals surface area contributed by atoms with Gasteiger partial charge in [0, 0.05) is 18.2 Å². The van der Waals surface area contributed by atoms with Crippen molar-refractivity contribution in [3.63, 3.8) is 0 Å². The van der Waals surface area contributed by atoms with Gasteiger partial charge in [0.1, 0.15) is 5.01 Å². The van der Waals surface area contributed by atoms with Gasteiger partial charge in [0.2, 0.25) is 0 Å². The Hall–Kier alpha value is -2.98. The Labute approximate surface area is 162 Å². The highest BCUT2D eigenvalue weighted by molar-refractivity contribution is 7.21. The Bertz CT molecular complexity index is 1070. The summed E-state index contributed by atoms with van der Waals surface area (Å²) in [5, 5.41) is 0.932. The number of amides is 1. The van der Waals surface area contributed by atoms with Crippen LogP contribution in [0.5, 0.6) is 0 Å². The third kappa shape index (κ3) is 3.36. The number of fused-ring (bicyclic) bond motifs is 1. The molecule has 0 aliphatic carbocycles. The first-order valence-corrected chi connectivity index (χ1v) is 9.81. The number of nitrogens with zero attached hydrogens (tertiary/aromatic N) is 2. The molecule has 0 N–H and O–H groups in total. The molecule has 0 atom stereocenters. The highest BCUT2D eigenvalue weighted by atomic mass is 32.1. The summed E-state index contributed by atoms with van der Waals surface area (Å²) >= 11 is 1.65. The summed E-state index contributed by atoms with van der Waals surface area (Å²) in [6.45, 7) is 2.12. The lowest BCUT2D eigenvalue weighted by Crippen LogP contribution is -2.26. The standard InChI is InChI=1S/C23H20N2OS/c1-3-16-13-14-18(22-24-19-11-7-8-12-21(19)27-22)20(15-16)25(2)23(26)17-9-5-4-6-10-17/h4-15H,3H2,1-2H3. The number of benzene rings is 3. The zero-order chi connectivity index (χ0) is 18.8. The number of rotatable bonds is 4. The summed E-state index contributed by atoms with van der Waals surface area (Å²) in [6, 6.07) is 23.8. The first-order chi connectivity index (χ1) is 13.2. The van der Waals surface area contributed by atoms with E-state index in [1.165, 1.54) is 5.56 Å². The molecular weight excluding hydrogens is 352 g/mol. The molecule has 4 aromatic rings. The summed E-state index contributed by atoms with van der Waals surface area (Å²) in [7, 11) is 1.83. The molecule has 1 amide bonds. The molecule has 4 heteroatoms. The molecule has 1 aromatic heterocycles. The minimum Gasteiger partial charge on any atom is -0.311 e. The van der Waals surface area contributed by atoms with E-state index in [9.17, 15) is 4.79 Å². The third-order valence-electron chi connectivity index (χ3n) is 4.68. The molecule has 0 spiro atoms. The summed E-state index contributed by atoms with van der Waals surface area (Å²) in [4.78, 5) is 19.5. The zero-order valence-electron chi connectivity index (χ0n) is 15.3. The van der Waals surface area contributed by atoms with Crippen molar-refractivity contribution in [2.24, 2.45) is 0 Å². The molecule has 1 heterocycles. The van der Waals surface area contributed by atoms with Gasteiger partial charge < -0.3 is 4.90 Å². The lowest BCUT2D eigenvalue weighted by Gasteiger charge is -2.21. The molecule has 0 aliphatic heterocycles. The summed E-state index contributed by atoms with van der Waals surface area (Å²) in [6.07, 6.45) is 0.917. The topological polar surface area (TPSA) is 33.2 Å². The second kappa shape index (κ2) is 7.33. The van der Waals surface area contributed by atoms with Gasteiger partial charge in [0.05, 0.1) is 15.9 Å². The van der Waals surface area contributed by atoms with Crippen LogP contribution in [0.1, 0.15) is 22.8 Å². The fourth-order valence-corrected chi connectivity index (χ4v) is 4.13. The zero-order valence-corrected chi connectivity index (χ0v) is 16.2. The van der Waals surface area contributed by atoms with E-state index in [1.54, 1.807) is 16.2 Å². The van der Waals surface area contributed by atoms with E-state index in [0.29, 0.717) is 5.56 Å². The third-order valence-corrected chi connectivity index (χ3v) is 5.75. The molecule has 0 bridgehead atoms. The molecule has 4 rings (SSSR count). The van der Waals surface area contributed by atoms with E-state index < -0.39 is 0 Å². The number of anilines is 1. The molecule has 3 aromatic carbocycles. The van der Waals surface area contributed by atoms with Crippen LogP contribution in [0.15, 0.2) is 72.8 Å². The average Bonchev–Trinajstić information content (AvgIpc) is 3.17. The normalized spacial score (nSPS) is 10.9. The SMILES string of the molecule is CCc1ccc(-c2nc3ccccc3s2)c(N(C)C(=O)c2ccccc2)c1. The van der Waals surface area contributed by atoms with Crippen LogP contribution in [-0.2, 0) is 6.42 Å². The number of hydrogen-bond acceptors (Lipinski definition) is 3. The van der Waals surface area contributed by atoms with Crippen LogP contribution in [0, 0.1) is 0 Å². The van der Waals surface area contributed by atoms with Crippen molar-refractivity contribution in [1.29, 1.82) is 0 Å². The number of carbonyl (C=O) groups excluding carboxylic acids is 1. The molecule has 3 nitrogen and oxygen atoms in total. The lowest BCUT2D eigenvalue weighted by molar-refractivity contribution is 0.0993. The first-order valence-electron chi connectivity index (χ1n) is 8.99. The fourth-order valence-electron chi connectivity index (χ4n) is 3.13. The maximum absolute atomic E-state index is 13.0. The van der Waals surface area contributed by atoms with E-state index in [1.807, 2.05) is 55.6 Å². The van der Waals surface area contributed by atoms with Crippen molar-refractivity contribution >= 4 is 33.1 Å². The first kappa shape index (κ1) is 17.4. The van der Waals surface area contributed by atoms with Gasteiger partial charge in [-0.2, -0.15) is 0 Å². The maximum Gasteiger partial charge on any atom is 0.258 e. The van der Waals surface area contributed by atoms with Crippen molar-refractivity contribution in [2.45, 2.75) is 13.3 Å².